The molecule has 2 aromatic rings. The van der Waals surface area contributed by atoms with Gasteiger partial charge in [0.1, 0.15) is 11.7 Å². The highest BCUT2D eigenvalue weighted by molar-refractivity contribution is 5.79. The van der Waals surface area contributed by atoms with E-state index in [1.54, 1.807) is 20.0 Å². The van der Waals surface area contributed by atoms with Gasteiger partial charge in [-0.25, -0.2) is 8.78 Å². The molecule has 6 nitrogen and oxygen atoms in total. The Morgan fingerprint density at radius 3 is 2.65 bits per heavy atom. The molecule has 0 saturated carbocycles. The molecule has 0 bridgehead atoms. The number of rotatable bonds is 7. The highest BCUT2D eigenvalue weighted by Crippen LogP contribution is 2.20. The number of hydrogen-bond acceptors (Lipinski definition) is 3. The molecular formula is C15H21F2N5O. The van der Waals surface area contributed by atoms with Crippen molar-refractivity contribution >= 4 is 5.91 Å². The molecule has 23 heavy (non-hydrogen) atoms. The molecule has 1 N–H and O–H groups in total. The van der Waals surface area contributed by atoms with E-state index in [1.165, 1.54) is 10.7 Å². The van der Waals surface area contributed by atoms with E-state index in [2.05, 4.69) is 15.5 Å². The van der Waals surface area contributed by atoms with Gasteiger partial charge in [0.05, 0.1) is 0 Å². The van der Waals surface area contributed by atoms with Gasteiger partial charge in [-0.3, -0.25) is 14.2 Å². The number of hydrogen-bond donors (Lipinski definition) is 1. The quantitative estimate of drug-likeness (QED) is 0.795. The maximum atomic E-state index is 12.7. The van der Waals surface area contributed by atoms with Crippen LogP contribution in [0.1, 0.15) is 42.9 Å². The smallest absolute Gasteiger partial charge is 0.282 e. The highest BCUT2D eigenvalue weighted by Gasteiger charge is 2.20. The van der Waals surface area contributed by atoms with Gasteiger partial charge in [-0.05, 0) is 39.3 Å². The predicted molar refractivity (Wildman–Crippen MR) is 81.2 cm³/mol. The molecule has 0 aliphatic heterocycles. The van der Waals surface area contributed by atoms with E-state index in [-0.39, 0.29) is 11.6 Å². The fraction of sp³-hybridized carbons (Fsp3) is 0.533. The van der Waals surface area contributed by atoms with Crippen molar-refractivity contribution in [3.63, 3.8) is 0 Å². The summed E-state index contributed by atoms with van der Waals surface area (Å²) in [7, 11) is 0. The lowest BCUT2D eigenvalue weighted by molar-refractivity contribution is -0.124. The molecule has 126 valence electrons. The Labute approximate surface area is 133 Å². The maximum Gasteiger partial charge on any atom is 0.282 e. The van der Waals surface area contributed by atoms with Crippen LogP contribution in [0.5, 0.6) is 0 Å². The number of nitrogens with zero attached hydrogens (tertiary/aromatic N) is 4. The van der Waals surface area contributed by atoms with Crippen molar-refractivity contribution in [1.82, 2.24) is 24.9 Å². The van der Waals surface area contributed by atoms with Gasteiger partial charge >= 0.3 is 0 Å². The second-order valence-corrected chi connectivity index (χ2v) is 5.47. The Bertz CT molecular complexity index is 665. The summed E-state index contributed by atoms with van der Waals surface area (Å²) >= 11 is 0. The number of amides is 1. The van der Waals surface area contributed by atoms with Gasteiger partial charge < -0.3 is 5.32 Å². The van der Waals surface area contributed by atoms with Gasteiger partial charge in [-0.1, -0.05) is 0 Å². The summed E-state index contributed by atoms with van der Waals surface area (Å²) in [5.41, 5.74) is 1.29. The third-order valence-electron chi connectivity index (χ3n) is 3.69. The molecule has 2 rings (SSSR count). The van der Waals surface area contributed by atoms with Crippen LogP contribution in [0.3, 0.4) is 0 Å². The lowest BCUT2D eigenvalue weighted by Gasteiger charge is -2.14. The fourth-order valence-electron chi connectivity index (χ4n) is 2.34. The molecule has 2 aromatic heterocycles. The van der Waals surface area contributed by atoms with Crippen molar-refractivity contribution in [1.29, 1.82) is 0 Å². The zero-order valence-electron chi connectivity index (χ0n) is 13.5. The van der Waals surface area contributed by atoms with Crippen molar-refractivity contribution in [3.05, 3.63) is 35.4 Å². The number of carbonyl (C=O) groups is 1. The molecule has 1 atom stereocenters. The molecule has 0 aliphatic rings. The minimum absolute atomic E-state index is 0.241. The Hall–Kier alpha value is -2.25. The van der Waals surface area contributed by atoms with Crippen molar-refractivity contribution in [3.8, 4) is 0 Å². The zero-order valence-corrected chi connectivity index (χ0v) is 13.5. The normalized spacial score (nSPS) is 12.6. The van der Waals surface area contributed by atoms with E-state index in [0.717, 1.165) is 12.1 Å². The molecule has 0 saturated heterocycles. The first-order valence-corrected chi connectivity index (χ1v) is 7.50. The van der Waals surface area contributed by atoms with Gasteiger partial charge in [0, 0.05) is 30.7 Å². The third kappa shape index (κ3) is 4.14. The second-order valence-electron chi connectivity index (χ2n) is 5.47. The topological polar surface area (TPSA) is 64.7 Å². The minimum Gasteiger partial charge on any atom is -0.354 e. The monoisotopic (exact) mass is 325 g/mol. The Kier molecular flexibility index (Phi) is 5.46. The van der Waals surface area contributed by atoms with Gasteiger partial charge in [-0.15, -0.1) is 0 Å². The molecular weight excluding hydrogens is 304 g/mol. The lowest BCUT2D eigenvalue weighted by Crippen LogP contribution is -2.33. The van der Waals surface area contributed by atoms with E-state index >= 15 is 0 Å². The van der Waals surface area contributed by atoms with Gasteiger partial charge in [-0.2, -0.15) is 10.2 Å². The van der Waals surface area contributed by atoms with Crippen molar-refractivity contribution in [2.45, 2.75) is 46.2 Å². The number of halogens is 2. The number of alkyl halides is 2. The first-order valence-electron chi connectivity index (χ1n) is 7.50. The van der Waals surface area contributed by atoms with Crippen LogP contribution < -0.4 is 5.32 Å². The molecule has 1 unspecified atom stereocenters. The van der Waals surface area contributed by atoms with E-state index in [1.807, 2.05) is 17.7 Å². The fourth-order valence-corrected chi connectivity index (χ4v) is 2.34. The van der Waals surface area contributed by atoms with Crippen LogP contribution in [-0.2, 0) is 11.3 Å². The number of aryl methyl sites for hydroxylation is 3. The number of carbonyl (C=O) groups excluding carboxylic acids is 1. The van der Waals surface area contributed by atoms with E-state index < -0.39 is 12.5 Å². The molecule has 0 radical (unpaired) electrons. The summed E-state index contributed by atoms with van der Waals surface area (Å²) in [4.78, 5) is 12.1. The van der Waals surface area contributed by atoms with Crippen LogP contribution in [0, 0.1) is 13.8 Å². The number of aromatic nitrogens is 4. The van der Waals surface area contributed by atoms with Crippen molar-refractivity contribution in [2.75, 3.05) is 6.54 Å². The summed E-state index contributed by atoms with van der Waals surface area (Å²) < 4.78 is 28.5. The van der Waals surface area contributed by atoms with E-state index in [9.17, 15) is 13.6 Å². The largest absolute Gasteiger partial charge is 0.354 e. The van der Waals surface area contributed by atoms with Crippen molar-refractivity contribution in [2.24, 2.45) is 0 Å². The molecule has 1 amide bonds. The van der Waals surface area contributed by atoms with E-state index in [4.69, 9.17) is 0 Å². The minimum atomic E-state index is -2.64. The molecule has 0 spiro atoms. The first kappa shape index (κ1) is 17.1. The third-order valence-corrected chi connectivity index (χ3v) is 3.69. The maximum absolute atomic E-state index is 12.7. The molecule has 0 fully saturated rings. The summed E-state index contributed by atoms with van der Waals surface area (Å²) in [5, 5.41) is 10.8. The number of nitrogens with one attached hydrogen (secondary N) is 1. The molecule has 0 aromatic carbocycles. The van der Waals surface area contributed by atoms with Gasteiger partial charge in [0.2, 0.25) is 5.91 Å². The van der Waals surface area contributed by atoms with Crippen LogP contribution in [0.4, 0.5) is 8.78 Å². The summed E-state index contributed by atoms with van der Waals surface area (Å²) in [5.74, 6) is -0.241. The Morgan fingerprint density at radius 2 is 2.09 bits per heavy atom. The Morgan fingerprint density at radius 1 is 1.35 bits per heavy atom. The lowest BCUT2D eigenvalue weighted by atomic mass is 10.3. The van der Waals surface area contributed by atoms with Crippen LogP contribution in [0.25, 0.3) is 0 Å². The molecule has 2 heterocycles. The average Bonchev–Trinajstić information content (AvgIpc) is 3.09. The summed E-state index contributed by atoms with van der Waals surface area (Å²) in [6, 6.07) is 2.59. The molecule has 0 aliphatic carbocycles. The average molecular weight is 325 g/mol. The van der Waals surface area contributed by atoms with Gasteiger partial charge in [0.15, 0.2) is 0 Å². The van der Waals surface area contributed by atoms with Crippen LogP contribution in [0.15, 0.2) is 18.3 Å². The van der Waals surface area contributed by atoms with Crippen LogP contribution >= 0.6 is 0 Å². The molecule has 8 heteroatoms. The first-order chi connectivity index (χ1) is 10.9. The summed E-state index contributed by atoms with van der Waals surface area (Å²) in [6.45, 7) is 6.47. The summed E-state index contributed by atoms with van der Waals surface area (Å²) in [6.07, 6.45) is -0.166. The van der Waals surface area contributed by atoms with Crippen LogP contribution in [0.2, 0.25) is 0 Å². The SMILES string of the molecule is Cc1ccnn1CCCNC(=O)C(C)n1nc(C(F)F)cc1C. The van der Waals surface area contributed by atoms with Crippen molar-refractivity contribution < 1.29 is 13.6 Å². The second kappa shape index (κ2) is 7.34. The highest BCUT2D eigenvalue weighted by atomic mass is 19.3. The zero-order chi connectivity index (χ0) is 17.0. The van der Waals surface area contributed by atoms with E-state index in [0.29, 0.717) is 18.8 Å². The predicted octanol–water partition coefficient (Wildman–Crippen LogP) is 2.40. The van der Waals surface area contributed by atoms with Crippen LogP contribution in [-0.4, -0.2) is 32.0 Å². The Balaban J connectivity index is 1.84. The van der Waals surface area contributed by atoms with Gasteiger partial charge in [0.25, 0.3) is 6.43 Å². The standard InChI is InChI=1S/C15H21F2N5O/c1-10-5-7-19-21(10)8-4-6-18-15(23)12(3)22-11(2)9-13(20-22)14(16)17/h5,7,9,12,14H,4,6,8H2,1-3H3,(H,18,23).